The number of hydrogen-bond acceptors (Lipinski definition) is 2. The SMILES string of the molecule is CC(C)CN(c1cccc(F)c1[C@H](C)O)C(C)C. The highest BCUT2D eigenvalue weighted by molar-refractivity contribution is 5.55. The van der Waals surface area contributed by atoms with Gasteiger partial charge >= 0.3 is 0 Å². The Hall–Kier alpha value is -1.09. The zero-order chi connectivity index (χ0) is 13.9. The lowest BCUT2D eigenvalue weighted by Gasteiger charge is -2.33. The van der Waals surface area contributed by atoms with Gasteiger partial charge in [-0.1, -0.05) is 19.9 Å². The van der Waals surface area contributed by atoms with E-state index in [1.165, 1.54) is 6.07 Å². The number of anilines is 1. The van der Waals surface area contributed by atoms with Gasteiger partial charge in [0.1, 0.15) is 5.82 Å². The van der Waals surface area contributed by atoms with Crippen molar-refractivity contribution in [3.8, 4) is 0 Å². The van der Waals surface area contributed by atoms with Crippen LogP contribution in [0.15, 0.2) is 18.2 Å². The normalized spacial score (nSPS) is 13.2. The maximum atomic E-state index is 13.9. The number of benzene rings is 1. The molecular weight excluding hydrogens is 229 g/mol. The van der Waals surface area contributed by atoms with Gasteiger partial charge in [-0.2, -0.15) is 0 Å². The minimum atomic E-state index is -0.797. The first-order valence-corrected chi connectivity index (χ1v) is 6.57. The van der Waals surface area contributed by atoms with Crippen LogP contribution in [0.1, 0.15) is 46.3 Å². The third-order valence-corrected chi connectivity index (χ3v) is 2.94. The number of aliphatic hydroxyl groups excluding tert-OH is 1. The second-order valence-electron chi connectivity index (χ2n) is 5.49. The fourth-order valence-corrected chi connectivity index (χ4v) is 2.17. The van der Waals surface area contributed by atoms with Crippen LogP contribution in [-0.2, 0) is 0 Å². The molecule has 1 atom stereocenters. The first kappa shape index (κ1) is 15.0. The Labute approximate surface area is 109 Å². The van der Waals surface area contributed by atoms with E-state index in [1.807, 2.05) is 6.07 Å². The zero-order valence-corrected chi connectivity index (χ0v) is 11.9. The predicted molar refractivity (Wildman–Crippen MR) is 74.4 cm³/mol. The van der Waals surface area contributed by atoms with Gasteiger partial charge in [0.2, 0.25) is 0 Å². The molecule has 0 saturated heterocycles. The minimum absolute atomic E-state index is 0.270. The third kappa shape index (κ3) is 3.45. The zero-order valence-electron chi connectivity index (χ0n) is 11.9. The first-order valence-electron chi connectivity index (χ1n) is 6.57. The Morgan fingerprint density at radius 1 is 1.17 bits per heavy atom. The molecule has 0 unspecified atom stereocenters. The third-order valence-electron chi connectivity index (χ3n) is 2.94. The summed E-state index contributed by atoms with van der Waals surface area (Å²) in [5.41, 5.74) is 1.19. The number of aliphatic hydroxyl groups is 1. The molecule has 18 heavy (non-hydrogen) atoms. The summed E-state index contributed by atoms with van der Waals surface area (Å²) in [5, 5.41) is 9.78. The van der Waals surface area contributed by atoms with Gasteiger partial charge in [0.05, 0.1) is 6.10 Å². The van der Waals surface area contributed by atoms with E-state index in [0.29, 0.717) is 11.5 Å². The molecule has 0 radical (unpaired) electrons. The number of nitrogens with zero attached hydrogens (tertiary/aromatic N) is 1. The molecule has 102 valence electrons. The van der Waals surface area contributed by atoms with Crippen LogP contribution in [0.4, 0.5) is 10.1 Å². The van der Waals surface area contributed by atoms with Crippen molar-refractivity contribution in [2.75, 3.05) is 11.4 Å². The van der Waals surface area contributed by atoms with Crippen LogP contribution in [0.3, 0.4) is 0 Å². The van der Waals surface area contributed by atoms with Crippen molar-refractivity contribution in [1.82, 2.24) is 0 Å². The summed E-state index contributed by atoms with van der Waals surface area (Å²) >= 11 is 0. The predicted octanol–water partition coefficient (Wildman–Crippen LogP) is 3.75. The van der Waals surface area contributed by atoms with Crippen molar-refractivity contribution in [2.45, 2.75) is 46.8 Å². The molecule has 1 aromatic rings. The quantitative estimate of drug-likeness (QED) is 0.864. The highest BCUT2D eigenvalue weighted by Gasteiger charge is 2.20. The summed E-state index contributed by atoms with van der Waals surface area (Å²) in [5.74, 6) is 0.148. The van der Waals surface area contributed by atoms with Crippen molar-refractivity contribution in [3.05, 3.63) is 29.6 Å². The molecule has 0 fully saturated rings. The van der Waals surface area contributed by atoms with E-state index in [9.17, 15) is 9.50 Å². The van der Waals surface area contributed by atoms with E-state index in [-0.39, 0.29) is 11.9 Å². The number of halogens is 1. The Balaban J connectivity index is 3.23. The fourth-order valence-electron chi connectivity index (χ4n) is 2.17. The molecule has 0 amide bonds. The Morgan fingerprint density at radius 3 is 2.22 bits per heavy atom. The standard InChI is InChI=1S/C15H24FNO/c1-10(2)9-17(11(3)4)14-8-6-7-13(16)15(14)12(5)18/h6-8,10-12,18H,9H2,1-5H3/t12-/m0/s1. The molecule has 3 heteroatoms. The molecule has 0 spiro atoms. The van der Waals surface area contributed by atoms with E-state index in [4.69, 9.17) is 0 Å². The smallest absolute Gasteiger partial charge is 0.131 e. The largest absolute Gasteiger partial charge is 0.389 e. The average Bonchev–Trinajstić information content (AvgIpc) is 2.24. The lowest BCUT2D eigenvalue weighted by atomic mass is 10.0. The second-order valence-corrected chi connectivity index (χ2v) is 5.49. The highest BCUT2D eigenvalue weighted by atomic mass is 19.1. The van der Waals surface area contributed by atoms with Crippen molar-refractivity contribution in [3.63, 3.8) is 0 Å². The Kier molecular flexibility index (Phi) is 5.15. The molecule has 0 aliphatic rings. The van der Waals surface area contributed by atoms with Gasteiger partial charge in [0.25, 0.3) is 0 Å². The van der Waals surface area contributed by atoms with Crippen LogP contribution in [0, 0.1) is 11.7 Å². The molecule has 0 bridgehead atoms. The summed E-state index contributed by atoms with van der Waals surface area (Å²) < 4.78 is 13.9. The lowest BCUT2D eigenvalue weighted by molar-refractivity contribution is 0.194. The van der Waals surface area contributed by atoms with Crippen LogP contribution in [0.2, 0.25) is 0 Å². The molecule has 1 aromatic carbocycles. The van der Waals surface area contributed by atoms with Gasteiger partial charge in [0.15, 0.2) is 0 Å². The minimum Gasteiger partial charge on any atom is -0.389 e. The second kappa shape index (κ2) is 6.19. The van der Waals surface area contributed by atoms with Gasteiger partial charge in [0, 0.05) is 23.8 Å². The molecule has 0 aromatic heterocycles. The van der Waals surface area contributed by atoms with Crippen LogP contribution in [-0.4, -0.2) is 17.7 Å². The monoisotopic (exact) mass is 253 g/mol. The summed E-state index contributed by atoms with van der Waals surface area (Å²) in [6.07, 6.45) is -0.797. The van der Waals surface area contributed by atoms with Crippen molar-refractivity contribution < 1.29 is 9.50 Å². The van der Waals surface area contributed by atoms with Crippen molar-refractivity contribution in [1.29, 1.82) is 0 Å². The van der Waals surface area contributed by atoms with Crippen LogP contribution in [0.5, 0.6) is 0 Å². The van der Waals surface area contributed by atoms with Gasteiger partial charge in [-0.15, -0.1) is 0 Å². The molecule has 0 aliphatic carbocycles. The molecule has 1 N–H and O–H groups in total. The summed E-state index contributed by atoms with van der Waals surface area (Å²) in [4.78, 5) is 2.15. The maximum absolute atomic E-state index is 13.9. The van der Waals surface area contributed by atoms with Crippen LogP contribution >= 0.6 is 0 Å². The van der Waals surface area contributed by atoms with Crippen LogP contribution in [0.25, 0.3) is 0 Å². The van der Waals surface area contributed by atoms with Gasteiger partial charge in [-0.05, 0) is 38.8 Å². The lowest BCUT2D eigenvalue weighted by Crippen LogP contribution is -2.35. The molecule has 0 aliphatic heterocycles. The van der Waals surface area contributed by atoms with E-state index in [0.717, 1.165) is 12.2 Å². The van der Waals surface area contributed by atoms with Gasteiger partial charge in [-0.25, -0.2) is 4.39 Å². The fraction of sp³-hybridized carbons (Fsp3) is 0.600. The number of hydrogen-bond donors (Lipinski definition) is 1. The maximum Gasteiger partial charge on any atom is 0.131 e. The first-order chi connectivity index (χ1) is 8.34. The summed E-state index contributed by atoms with van der Waals surface area (Å²) in [6, 6.07) is 5.26. The number of rotatable bonds is 5. The molecular formula is C15H24FNO. The van der Waals surface area contributed by atoms with E-state index >= 15 is 0 Å². The van der Waals surface area contributed by atoms with E-state index in [1.54, 1.807) is 13.0 Å². The van der Waals surface area contributed by atoms with Crippen LogP contribution < -0.4 is 4.90 Å². The Bertz CT molecular complexity index is 388. The van der Waals surface area contributed by atoms with E-state index in [2.05, 4.69) is 32.6 Å². The average molecular weight is 253 g/mol. The van der Waals surface area contributed by atoms with Crippen molar-refractivity contribution >= 4 is 5.69 Å². The summed E-state index contributed by atoms with van der Waals surface area (Å²) in [6.45, 7) is 10.9. The topological polar surface area (TPSA) is 23.5 Å². The van der Waals surface area contributed by atoms with E-state index < -0.39 is 6.10 Å². The molecule has 0 saturated carbocycles. The van der Waals surface area contributed by atoms with Crippen molar-refractivity contribution in [2.24, 2.45) is 5.92 Å². The van der Waals surface area contributed by atoms with Gasteiger partial charge in [-0.3, -0.25) is 0 Å². The molecule has 1 rings (SSSR count). The molecule has 0 heterocycles. The summed E-state index contributed by atoms with van der Waals surface area (Å²) in [7, 11) is 0. The van der Waals surface area contributed by atoms with Gasteiger partial charge < -0.3 is 10.0 Å². The Morgan fingerprint density at radius 2 is 1.78 bits per heavy atom. The molecule has 2 nitrogen and oxygen atoms in total. The highest BCUT2D eigenvalue weighted by Crippen LogP contribution is 2.30.